The lowest BCUT2D eigenvalue weighted by Crippen LogP contribution is -2.59. The molecule has 1 fully saturated rings. The monoisotopic (exact) mass is 745 g/mol. The molecule has 3 N–H and O–H groups in total. The molecule has 1 aromatic rings. The maximum absolute atomic E-state index is 14.2. The zero-order valence-corrected chi connectivity index (χ0v) is 34.1. The van der Waals surface area contributed by atoms with E-state index in [1.54, 1.807) is 37.9 Å². The molecule has 0 radical (unpaired) electrons. The van der Waals surface area contributed by atoms with Gasteiger partial charge in [0.05, 0.1) is 49.8 Å². The minimum atomic E-state index is -0.889. The number of nitrogens with one attached hydrogen (secondary N) is 3. The smallest absolute Gasteiger partial charge is 0.328 e. The quantitative estimate of drug-likeness (QED) is 0.161. The molecule has 0 aromatic heterocycles. The maximum atomic E-state index is 14.2. The maximum Gasteiger partial charge on any atom is 0.328 e. The average Bonchev–Trinajstić information content (AvgIpc) is 3.62. The molecule has 0 spiro atoms. The number of likely N-dealkylation sites (tertiary alicyclic amines) is 1. The first kappa shape index (κ1) is 45.6. The number of benzene rings is 1. The lowest BCUT2D eigenvalue weighted by molar-refractivity contribution is -0.148. The number of rotatable bonds is 21. The van der Waals surface area contributed by atoms with Crippen LogP contribution in [-0.2, 0) is 44.6 Å². The van der Waals surface area contributed by atoms with E-state index in [0.717, 1.165) is 18.4 Å². The van der Waals surface area contributed by atoms with Crippen LogP contribution in [0, 0.1) is 23.7 Å². The molecular weight excluding hydrogens is 678 g/mol. The van der Waals surface area contributed by atoms with Gasteiger partial charge in [-0.2, -0.15) is 0 Å². The normalized spacial score (nSPS) is 19.1. The van der Waals surface area contributed by atoms with Gasteiger partial charge in [0, 0.05) is 34.2 Å². The predicted molar refractivity (Wildman–Crippen MR) is 205 cm³/mol. The Kier molecular flexibility index (Phi) is 18.9. The topological polar surface area (TPSA) is 156 Å². The van der Waals surface area contributed by atoms with Crippen molar-refractivity contribution >= 4 is 29.6 Å². The number of carbonyl (C=O) groups is 5. The van der Waals surface area contributed by atoms with Crippen molar-refractivity contribution in [2.45, 2.75) is 123 Å². The number of hydrogen-bond acceptors (Lipinski definition) is 9. The van der Waals surface area contributed by atoms with Crippen molar-refractivity contribution < 1.29 is 38.2 Å². The number of methoxy groups -OCH3 is 3. The summed E-state index contributed by atoms with van der Waals surface area (Å²) < 4.78 is 16.9. The van der Waals surface area contributed by atoms with Gasteiger partial charge < -0.3 is 40.0 Å². The van der Waals surface area contributed by atoms with Crippen molar-refractivity contribution in [1.29, 1.82) is 0 Å². The van der Waals surface area contributed by atoms with Crippen LogP contribution in [0.5, 0.6) is 0 Å². The fourth-order valence-electron chi connectivity index (χ4n) is 7.54. The molecule has 1 aliphatic heterocycles. The van der Waals surface area contributed by atoms with E-state index in [4.69, 9.17) is 14.2 Å². The van der Waals surface area contributed by atoms with Gasteiger partial charge in [-0.3, -0.25) is 19.2 Å². The standard InChI is InChI=1S/C40H67N5O8/c1-13-26(6)35(44(9)39(49)34(25(4)5)43-38(48)33(41-8)24(2)3)31(51-10)23-32(46)45-21-17-20-30(45)36(52-11)27(7)37(47)42-29(40(50)53-12)22-28-18-15-14-16-19-28/h14-16,18-19,24-27,29-31,33-36,41H,13,17,20-23H2,1-12H3,(H,42,47)(H,43,48)/t26-,27+,29-,30-,31?,33-,34-,35-,36+/m0/s1. The third-order valence-electron chi connectivity index (χ3n) is 10.8. The van der Waals surface area contributed by atoms with Gasteiger partial charge in [-0.1, -0.05) is 85.2 Å². The predicted octanol–water partition coefficient (Wildman–Crippen LogP) is 3.19. The van der Waals surface area contributed by atoms with Crippen LogP contribution in [0.1, 0.15) is 79.7 Å². The van der Waals surface area contributed by atoms with Crippen LogP contribution in [0.3, 0.4) is 0 Å². The van der Waals surface area contributed by atoms with Crippen molar-refractivity contribution in [3.63, 3.8) is 0 Å². The van der Waals surface area contributed by atoms with Gasteiger partial charge in [0.2, 0.25) is 23.6 Å². The third kappa shape index (κ3) is 12.2. The van der Waals surface area contributed by atoms with Crippen LogP contribution < -0.4 is 16.0 Å². The number of amides is 4. The highest BCUT2D eigenvalue weighted by molar-refractivity contribution is 5.90. The van der Waals surface area contributed by atoms with Crippen molar-refractivity contribution in [3.05, 3.63) is 35.9 Å². The third-order valence-corrected chi connectivity index (χ3v) is 10.8. The molecule has 1 heterocycles. The molecular formula is C40H67N5O8. The number of likely N-dealkylation sites (N-methyl/N-ethyl adjacent to an activating group) is 2. The van der Waals surface area contributed by atoms with E-state index in [9.17, 15) is 24.0 Å². The molecule has 13 heteroatoms. The van der Waals surface area contributed by atoms with E-state index in [1.165, 1.54) is 14.2 Å². The summed E-state index contributed by atoms with van der Waals surface area (Å²) in [6.45, 7) is 14.0. The Morgan fingerprint density at radius 3 is 2.02 bits per heavy atom. The molecule has 300 valence electrons. The van der Waals surface area contributed by atoms with Crippen LogP contribution in [-0.4, -0.2) is 124 Å². The highest BCUT2D eigenvalue weighted by Gasteiger charge is 2.43. The van der Waals surface area contributed by atoms with Gasteiger partial charge in [-0.25, -0.2) is 4.79 Å². The van der Waals surface area contributed by atoms with Crippen molar-refractivity contribution in [3.8, 4) is 0 Å². The molecule has 13 nitrogen and oxygen atoms in total. The minimum Gasteiger partial charge on any atom is -0.467 e. The van der Waals surface area contributed by atoms with Gasteiger partial charge in [0.1, 0.15) is 12.1 Å². The summed E-state index contributed by atoms with van der Waals surface area (Å²) in [5.74, 6) is -2.47. The van der Waals surface area contributed by atoms with Gasteiger partial charge in [-0.05, 0) is 43.2 Å². The molecule has 0 aliphatic carbocycles. The molecule has 1 aliphatic rings. The van der Waals surface area contributed by atoms with Gasteiger partial charge >= 0.3 is 5.97 Å². The summed E-state index contributed by atoms with van der Waals surface area (Å²) in [5.41, 5.74) is 0.875. The summed E-state index contributed by atoms with van der Waals surface area (Å²) in [5, 5.41) is 8.88. The Labute approximate surface area is 317 Å². The van der Waals surface area contributed by atoms with E-state index in [2.05, 4.69) is 16.0 Å². The first-order chi connectivity index (χ1) is 25.1. The molecule has 4 amide bonds. The van der Waals surface area contributed by atoms with Crippen molar-refractivity contribution in [1.82, 2.24) is 25.8 Å². The second-order valence-corrected chi connectivity index (χ2v) is 15.1. The van der Waals surface area contributed by atoms with E-state index in [1.807, 2.05) is 71.9 Å². The summed E-state index contributed by atoms with van der Waals surface area (Å²) in [7, 11) is 7.81. The Hall–Kier alpha value is -3.55. The molecule has 0 saturated carbocycles. The Balaban J connectivity index is 2.27. The molecule has 53 heavy (non-hydrogen) atoms. The average molecular weight is 746 g/mol. The number of ether oxygens (including phenoxy) is 3. The molecule has 1 unspecified atom stereocenters. The van der Waals surface area contributed by atoms with Gasteiger partial charge in [-0.15, -0.1) is 0 Å². The van der Waals surface area contributed by atoms with E-state index in [-0.39, 0.29) is 60.3 Å². The molecule has 2 rings (SSSR count). The summed E-state index contributed by atoms with van der Waals surface area (Å²) in [6, 6.07) is 6.41. The largest absolute Gasteiger partial charge is 0.467 e. The van der Waals surface area contributed by atoms with Crippen LogP contribution >= 0.6 is 0 Å². The second kappa shape index (κ2) is 22.0. The zero-order chi connectivity index (χ0) is 40.0. The van der Waals surface area contributed by atoms with Crippen molar-refractivity contribution in [2.75, 3.05) is 42.0 Å². The molecule has 1 aromatic carbocycles. The highest BCUT2D eigenvalue weighted by Crippen LogP contribution is 2.30. The van der Waals surface area contributed by atoms with E-state index < -0.39 is 48.3 Å². The fourth-order valence-corrected chi connectivity index (χ4v) is 7.54. The lowest BCUT2D eigenvalue weighted by atomic mass is 9.89. The minimum absolute atomic E-state index is 0.00596. The van der Waals surface area contributed by atoms with Crippen LogP contribution in [0.25, 0.3) is 0 Å². The fraction of sp³-hybridized carbons (Fsp3) is 0.725. The molecule has 0 bridgehead atoms. The SMILES string of the molecule is CC[C@H](C)[C@@H](C(CC(=O)N1CCC[C@H]1[C@H](OC)[C@@H](C)C(=O)N[C@@H](Cc1ccccc1)C(=O)OC)OC)N(C)C(=O)[C@@H](NC(=O)[C@@H](NC)C(C)C)C(C)C. The Morgan fingerprint density at radius 1 is 0.887 bits per heavy atom. The van der Waals surface area contributed by atoms with Gasteiger partial charge in [0.15, 0.2) is 0 Å². The zero-order valence-electron chi connectivity index (χ0n) is 34.1. The lowest BCUT2D eigenvalue weighted by Gasteiger charge is -2.41. The summed E-state index contributed by atoms with van der Waals surface area (Å²) in [6.07, 6.45) is 1.08. The van der Waals surface area contributed by atoms with Crippen LogP contribution in [0.4, 0.5) is 0 Å². The van der Waals surface area contributed by atoms with E-state index >= 15 is 0 Å². The number of esters is 1. The van der Waals surface area contributed by atoms with Crippen LogP contribution in [0.2, 0.25) is 0 Å². The Bertz CT molecular complexity index is 1330. The van der Waals surface area contributed by atoms with E-state index in [0.29, 0.717) is 13.0 Å². The van der Waals surface area contributed by atoms with Crippen molar-refractivity contribution in [2.24, 2.45) is 23.7 Å². The number of hydrogen-bond donors (Lipinski definition) is 3. The number of nitrogens with zero attached hydrogens (tertiary/aromatic N) is 2. The second-order valence-electron chi connectivity index (χ2n) is 15.1. The summed E-state index contributed by atoms with van der Waals surface area (Å²) in [4.78, 5) is 71.2. The van der Waals surface area contributed by atoms with Crippen LogP contribution in [0.15, 0.2) is 30.3 Å². The first-order valence-corrected chi connectivity index (χ1v) is 19.1. The molecule has 1 saturated heterocycles. The summed E-state index contributed by atoms with van der Waals surface area (Å²) >= 11 is 0. The van der Waals surface area contributed by atoms with Gasteiger partial charge in [0.25, 0.3) is 0 Å². The molecule has 9 atom stereocenters. The highest BCUT2D eigenvalue weighted by atomic mass is 16.5. The number of carbonyl (C=O) groups excluding carboxylic acids is 5. The first-order valence-electron chi connectivity index (χ1n) is 19.1. The Morgan fingerprint density at radius 2 is 1.51 bits per heavy atom.